The van der Waals surface area contributed by atoms with E-state index in [0.717, 1.165) is 35.0 Å². The number of ether oxygens (including phenoxy) is 1. The molecule has 0 aliphatic carbocycles. The molecule has 0 saturated heterocycles. The van der Waals surface area contributed by atoms with Gasteiger partial charge in [0.15, 0.2) is 6.61 Å². The minimum absolute atomic E-state index is 0.0844. The molecular formula is C22H27BrN2O2. The summed E-state index contributed by atoms with van der Waals surface area (Å²) in [5, 5.41) is 4.33. The number of amides is 1. The number of unbranched alkanes of at least 4 members (excludes halogenated alkanes) is 1. The highest BCUT2D eigenvalue weighted by atomic mass is 79.9. The molecular weight excluding hydrogens is 404 g/mol. The number of carbonyl (C=O) groups excluding carboxylic acids is 1. The number of hydrazone groups is 1. The van der Waals surface area contributed by atoms with Crippen LogP contribution in [0, 0.1) is 0 Å². The molecule has 2 aromatic rings. The van der Waals surface area contributed by atoms with Crippen LogP contribution >= 0.6 is 15.9 Å². The van der Waals surface area contributed by atoms with Crippen molar-refractivity contribution in [3.05, 3.63) is 64.1 Å². The molecule has 2 aromatic carbocycles. The van der Waals surface area contributed by atoms with E-state index in [0.29, 0.717) is 11.7 Å². The summed E-state index contributed by atoms with van der Waals surface area (Å²) in [6.45, 7) is 6.32. The average molecular weight is 431 g/mol. The smallest absolute Gasteiger partial charge is 0.277 e. The molecule has 5 heteroatoms. The summed E-state index contributed by atoms with van der Waals surface area (Å²) in [6.07, 6.45) is 2.92. The van der Waals surface area contributed by atoms with E-state index in [2.05, 4.69) is 47.2 Å². The lowest BCUT2D eigenvalue weighted by atomic mass is 10.0. The summed E-state index contributed by atoms with van der Waals surface area (Å²) in [5.74, 6) is 0.806. The first-order valence-corrected chi connectivity index (χ1v) is 10.1. The van der Waals surface area contributed by atoms with Gasteiger partial charge in [0, 0.05) is 0 Å². The highest BCUT2D eigenvalue weighted by molar-refractivity contribution is 9.10. The molecule has 0 aliphatic rings. The van der Waals surface area contributed by atoms with Gasteiger partial charge in [-0.2, -0.15) is 5.10 Å². The van der Waals surface area contributed by atoms with Crippen LogP contribution in [0.25, 0.3) is 0 Å². The molecule has 0 aliphatic heterocycles. The first kappa shape index (κ1) is 21.2. The summed E-state index contributed by atoms with van der Waals surface area (Å²) in [6, 6.07) is 15.8. The van der Waals surface area contributed by atoms with Gasteiger partial charge in [-0.3, -0.25) is 4.79 Å². The summed E-state index contributed by atoms with van der Waals surface area (Å²) >= 11 is 3.50. The average Bonchev–Trinajstić information content (AvgIpc) is 2.67. The van der Waals surface area contributed by atoms with E-state index in [-0.39, 0.29) is 12.5 Å². The van der Waals surface area contributed by atoms with Crippen molar-refractivity contribution >= 4 is 27.5 Å². The number of nitrogens with one attached hydrogen (secondary N) is 1. The molecule has 0 fully saturated rings. The highest BCUT2D eigenvalue weighted by Gasteiger charge is 2.09. The lowest BCUT2D eigenvalue weighted by Crippen LogP contribution is -2.26. The zero-order valence-corrected chi connectivity index (χ0v) is 17.8. The fraction of sp³-hybridized carbons (Fsp3) is 0.364. The Hall–Kier alpha value is -2.14. The third-order valence-electron chi connectivity index (χ3n) is 4.17. The Morgan fingerprint density at radius 1 is 1.19 bits per heavy atom. The van der Waals surface area contributed by atoms with Crippen molar-refractivity contribution in [2.45, 2.75) is 46.0 Å². The van der Waals surface area contributed by atoms with Crippen LogP contribution in [-0.2, 0) is 4.79 Å². The molecule has 144 valence electrons. The Bertz CT molecular complexity index is 773. The largest absolute Gasteiger partial charge is 0.483 e. The van der Waals surface area contributed by atoms with Crippen LogP contribution in [0.1, 0.15) is 57.1 Å². The molecule has 0 unspecified atom stereocenters. The molecule has 0 saturated carbocycles. The van der Waals surface area contributed by atoms with Gasteiger partial charge in [0.1, 0.15) is 5.75 Å². The third-order valence-corrected chi connectivity index (χ3v) is 4.79. The zero-order valence-electron chi connectivity index (χ0n) is 16.2. The minimum atomic E-state index is -0.278. The van der Waals surface area contributed by atoms with Crippen LogP contribution in [0.4, 0.5) is 0 Å². The van der Waals surface area contributed by atoms with E-state index in [1.165, 1.54) is 5.56 Å². The van der Waals surface area contributed by atoms with E-state index < -0.39 is 0 Å². The first-order chi connectivity index (χ1) is 13.0. The van der Waals surface area contributed by atoms with Gasteiger partial charge in [0.05, 0.1) is 10.2 Å². The molecule has 1 amide bonds. The van der Waals surface area contributed by atoms with Crippen molar-refractivity contribution in [2.75, 3.05) is 6.61 Å². The van der Waals surface area contributed by atoms with E-state index in [1.807, 2.05) is 48.5 Å². The van der Waals surface area contributed by atoms with Crippen molar-refractivity contribution in [2.24, 2.45) is 5.10 Å². The summed E-state index contributed by atoms with van der Waals surface area (Å²) in [7, 11) is 0. The maximum atomic E-state index is 12.2. The van der Waals surface area contributed by atoms with Crippen LogP contribution in [0.15, 0.2) is 58.1 Å². The van der Waals surface area contributed by atoms with Crippen LogP contribution < -0.4 is 10.2 Å². The van der Waals surface area contributed by atoms with Crippen molar-refractivity contribution in [3.63, 3.8) is 0 Å². The predicted molar refractivity (Wildman–Crippen MR) is 114 cm³/mol. The van der Waals surface area contributed by atoms with Gasteiger partial charge in [-0.05, 0) is 57.9 Å². The number of nitrogens with zero attached hydrogens (tertiary/aromatic N) is 1. The Kier molecular flexibility index (Phi) is 8.52. The van der Waals surface area contributed by atoms with E-state index >= 15 is 0 Å². The quantitative estimate of drug-likeness (QED) is 0.411. The lowest BCUT2D eigenvalue weighted by molar-refractivity contribution is -0.123. The van der Waals surface area contributed by atoms with Gasteiger partial charge in [-0.15, -0.1) is 0 Å². The van der Waals surface area contributed by atoms with Crippen molar-refractivity contribution in [1.82, 2.24) is 5.43 Å². The van der Waals surface area contributed by atoms with E-state index in [4.69, 9.17) is 4.74 Å². The molecule has 0 aromatic heterocycles. The topological polar surface area (TPSA) is 50.7 Å². The normalized spacial score (nSPS) is 11.5. The standard InChI is InChI=1S/C22H27BrN2O2/c1-4-5-11-20(17-9-7-6-8-10-17)24-25-22(26)15-27-21-13-12-18(16(2)3)14-19(21)23/h6-10,12-14,16H,4-5,11,15H2,1-3H3,(H,25,26)/b24-20+. The molecule has 2 rings (SSSR count). The second kappa shape index (κ2) is 10.9. The van der Waals surface area contributed by atoms with Gasteiger partial charge in [-0.25, -0.2) is 5.43 Å². The summed E-state index contributed by atoms with van der Waals surface area (Å²) in [4.78, 5) is 12.2. The molecule has 27 heavy (non-hydrogen) atoms. The Labute approximate surface area is 170 Å². The Morgan fingerprint density at radius 3 is 2.56 bits per heavy atom. The fourth-order valence-corrected chi connectivity index (χ4v) is 3.05. The molecule has 0 atom stereocenters. The van der Waals surface area contributed by atoms with Crippen LogP contribution in [0.2, 0.25) is 0 Å². The van der Waals surface area contributed by atoms with E-state index in [1.54, 1.807) is 0 Å². The SMILES string of the molecule is CCCC/C(=N\NC(=O)COc1ccc(C(C)C)cc1Br)c1ccccc1. The van der Waals surface area contributed by atoms with Crippen molar-refractivity contribution < 1.29 is 9.53 Å². The summed E-state index contributed by atoms with van der Waals surface area (Å²) in [5.41, 5.74) is 5.74. The summed E-state index contributed by atoms with van der Waals surface area (Å²) < 4.78 is 6.47. The number of hydrogen-bond donors (Lipinski definition) is 1. The Morgan fingerprint density at radius 2 is 1.93 bits per heavy atom. The lowest BCUT2D eigenvalue weighted by Gasteiger charge is -2.11. The Balaban J connectivity index is 1.96. The monoisotopic (exact) mass is 430 g/mol. The zero-order chi connectivity index (χ0) is 19.6. The molecule has 0 radical (unpaired) electrons. The second-order valence-electron chi connectivity index (χ2n) is 6.70. The van der Waals surface area contributed by atoms with Gasteiger partial charge < -0.3 is 4.74 Å². The molecule has 1 N–H and O–H groups in total. The molecule has 0 bridgehead atoms. The molecule has 0 spiro atoms. The van der Waals surface area contributed by atoms with Gasteiger partial charge in [-0.1, -0.05) is 63.6 Å². The van der Waals surface area contributed by atoms with E-state index in [9.17, 15) is 4.79 Å². The fourth-order valence-electron chi connectivity index (χ4n) is 2.54. The van der Waals surface area contributed by atoms with Crippen molar-refractivity contribution in [1.29, 1.82) is 0 Å². The third kappa shape index (κ3) is 6.83. The maximum absolute atomic E-state index is 12.2. The maximum Gasteiger partial charge on any atom is 0.277 e. The van der Waals surface area contributed by atoms with Gasteiger partial charge >= 0.3 is 0 Å². The number of benzene rings is 2. The number of carbonyl (C=O) groups is 1. The van der Waals surface area contributed by atoms with Gasteiger partial charge in [0.25, 0.3) is 5.91 Å². The minimum Gasteiger partial charge on any atom is -0.483 e. The highest BCUT2D eigenvalue weighted by Crippen LogP contribution is 2.28. The van der Waals surface area contributed by atoms with Crippen LogP contribution in [0.5, 0.6) is 5.75 Å². The number of halogens is 1. The molecule has 0 heterocycles. The molecule has 4 nitrogen and oxygen atoms in total. The predicted octanol–water partition coefficient (Wildman–Crippen LogP) is 5.66. The van der Waals surface area contributed by atoms with Crippen molar-refractivity contribution in [3.8, 4) is 5.75 Å². The first-order valence-electron chi connectivity index (χ1n) is 9.34. The van der Waals surface area contributed by atoms with Crippen LogP contribution in [0.3, 0.4) is 0 Å². The number of hydrogen-bond acceptors (Lipinski definition) is 3. The number of rotatable bonds is 9. The second-order valence-corrected chi connectivity index (χ2v) is 7.55. The van der Waals surface area contributed by atoms with Crippen LogP contribution in [-0.4, -0.2) is 18.2 Å². The van der Waals surface area contributed by atoms with Gasteiger partial charge in [0.2, 0.25) is 0 Å².